The van der Waals surface area contributed by atoms with Gasteiger partial charge in [0.1, 0.15) is 0 Å². The van der Waals surface area contributed by atoms with E-state index >= 15 is 0 Å². The Kier molecular flexibility index (Phi) is 1.81. The monoisotopic (exact) mass is 177 g/mol. The molecule has 1 aromatic rings. The van der Waals surface area contributed by atoms with Crippen LogP contribution in [0.1, 0.15) is 16.7 Å². The molecule has 0 aromatic heterocycles. The van der Waals surface area contributed by atoms with E-state index in [1.165, 1.54) is 0 Å². The van der Waals surface area contributed by atoms with Crippen LogP contribution < -0.4 is 5.32 Å². The number of amides is 1. The smallest absolute Gasteiger partial charge is 0.228 e. The number of aliphatic hydroxyl groups is 1. The Morgan fingerprint density at radius 2 is 2.31 bits per heavy atom. The standard InChI is InChI=1S/C10H11NO2/c1-6-2-7-4-9(13)11-10(7)8(3-6)5-12/h2-3,12H,4-5H2,1H3,(H,11,13). The maximum Gasteiger partial charge on any atom is 0.228 e. The van der Waals surface area contributed by atoms with Gasteiger partial charge in [-0.1, -0.05) is 17.7 Å². The Balaban J connectivity index is 2.56. The highest BCUT2D eigenvalue weighted by Crippen LogP contribution is 2.28. The molecule has 0 fully saturated rings. The highest BCUT2D eigenvalue weighted by molar-refractivity contribution is 6.00. The molecule has 0 spiro atoms. The fourth-order valence-corrected chi connectivity index (χ4v) is 1.72. The molecule has 1 aliphatic rings. The van der Waals surface area contributed by atoms with Gasteiger partial charge in [-0.05, 0) is 12.5 Å². The normalized spacial score (nSPS) is 14.2. The van der Waals surface area contributed by atoms with Crippen molar-refractivity contribution in [1.82, 2.24) is 0 Å². The van der Waals surface area contributed by atoms with E-state index in [1.807, 2.05) is 19.1 Å². The third-order valence-electron chi connectivity index (χ3n) is 2.23. The lowest BCUT2D eigenvalue weighted by Crippen LogP contribution is -2.04. The van der Waals surface area contributed by atoms with Crippen molar-refractivity contribution in [2.24, 2.45) is 0 Å². The third kappa shape index (κ3) is 1.31. The zero-order valence-electron chi connectivity index (χ0n) is 7.42. The zero-order valence-corrected chi connectivity index (χ0v) is 7.42. The highest BCUT2D eigenvalue weighted by Gasteiger charge is 2.20. The number of carbonyl (C=O) groups excluding carboxylic acids is 1. The summed E-state index contributed by atoms with van der Waals surface area (Å²) < 4.78 is 0. The summed E-state index contributed by atoms with van der Waals surface area (Å²) in [5.41, 5.74) is 3.69. The first-order valence-electron chi connectivity index (χ1n) is 4.24. The van der Waals surface area contributed by atoms with E-state index < -0.39 is 0 Å². The number of anilines is 1. The van der Waals surface area contributed by atoms with E-state index in [0.29, 0.717) is 6.42 Å². The summed E-state index contributed by atoms with van der Waals surface area (Å²) >= 11 is 0. The molecule has 13 heavy (non-hydrogen) atoms. The minimum atomic E-state index is -0.0235. The second-order valence-corrected chi connectivity index (χ2v) is 3.34. The lowest BCUT2D eigenvalue weighted by molar-refractivity contribution is -0.115. The summed E-state index contributed by atoms with van der Waals surface area (Å²) in [6.45, 7) is 1.94. The van der Waals surface area contributed by atoms with Crippen molar-refractivity contribution >= 4 is 11.6 Å². The van der Waals surface area contributed by atoms with Crippen molar-refractivity contribution in [1.29, 1.82) is 0 Å². The lowest BCUT2D eigenvalue weighted by Gasteiger charge is -2.06. The van der Waals surface area contributed by atoms with Crippen LogP contribution in [0.3, 0.4) is 0 Å². The zero-order chi connectivity index (χ0) is 9.42. The summed E-state index contributed by atoms with van der Waals surface area (Å²) in [5.74, 6) is 0.00954. The van der Waals surface area contributed by atoms with Crippen LogP contribution in [0.2, 0.25) is 0 Å². The van der Waals surface area contributed by atoms with Gasteiger partial charge < -0.3 is 10.4 Å². The molecule has 3 heteroatoms. The number of hydrogen-bond donors (Lipinski definition) is 2. The van der Waals surface area contributed by atoms with Crippen LogP contribution >= 0.6 is 0 Å². The average Bonchev–Trinajstić information content (AvgIpc) is 2.43. The molecule has 1 aromatic carbocycles. The number of rotatable bonds is 1. The van der Waals surface area contributed by atoms with Crippen LogP contribution in [-0.2, 0) is 17.8 Å². The first kappa shape index (κ1) is 8.26. The van der Waals surface area contributed by atoms with Gasteiger partial charge in [0.25, 0.3) is 0 Å². The molecule has 3 nitrogen and oxygen atoms in total. The highest BCUT2D eigenvalue weighted by atomic mass is 16.3. The van der Waals surface area contributed by atoms with Gasteiger partial charge in [-0.3, -0.25) is 4.79 Å². The van der Waals surface area contributed by atoms with Gasteiger partial charge in [-0.25, -0.2) is 0 Å². The second-order valence-electron chi connectivity index (χ2n) is 3.34. The number of nitrogens with one attached hydrogen (secondary N) is 1. The number of aliphatic hydroxyl groups excluding tert-OH is 1. The van der Waals surface area contributed by atoms with E-state index in [0.717, 1.165) is 22.4 Å². The number of hydrogen-bond acceptors (Lipinski definition) is 2. The molecule has 0 atom stereocenters. The van der Waals surface area contributed by atoms with Crippen LogP contribution in [0.25, 0.3) is 0 Å². The molecule has 68 valence electrons. The minimum Gasteiger partial charge on any atom is -0.392 e. The van der Waals surface area contributed by atoms with Crippen molar-refractivity contribution in [2.45, 2.75) is 20.0 Å². The van der Waals surface area contributed by atoms with Crippen LogP contribution in [0.5, 0.6) is 0 Å². The molecule has 0 radical (unpaired) electrons. The van der Waals surface area contributed by atoms with Gasteiger partial charge in [-0.2, -0.15) is 0 Å². The summed E-state index contributed by atoms with van der Waals surface area (Å²) in [6, 6.07) is 3.87. The summed E-state index contributed by atoms with van der Waals surface area (Å²) in [5, 5.41) is 11.8. The van der Waals surface area contributed by atoms with Gasteiger partial charge in [0.15, 0.2) is 0 Å². The molecule has 2 rings (SSSR count). The van der Waals surface area contributed by atoms with Crippen molar-refractivity contribution in [3.63, 3.8) is 0 Å². The maximum atomic E-state index is 11.1. The molecule has 0 bridgehead atoms. The van der Waals surface area contributed by atoms with Crippen molar-refractivity contribution < 1.29 is 9.90 Å². The largest absolute Gasteiger partial charge is 0.392 e. The average molecular weight is 177 g/mol. The summed E-state index contributed by atoms with van der Waals surface area (Å²) in [6.07, 6.45) is 0.435. The predicted molar refractivity (Wildman–Crippen MR) is 49.4 cm³/mol. The van der Waals surface area contributed by atoms with E-state index in [-0.39, 0.29) is 12.5 Å². The fourth-order valence-electron chi connectivity index (χ4n) is 1.72. The van der Waals surface area contributed by atoms with Gasteiger partial charge in [0.2, 0.25) is 5.91 Å². The Morgan fingerprint density at radius 3 is 3.00 bits per heavy atom. The first-order valence-corrected chi connectivity index (χ1v) is 4.24. The van der Waals surface area contributed by atoms with Crippen LogP contribution in [0.4, 0.5) is 5.69 Å². The Bertz CT molecular complexity index is 371. The second kappa shape index (κ2) is 2.85. The molecule has 0 saturated carbocycles. The summed E-state index contributed by atoms with van der Waals surface area (Å²) in [7, 11) is 0. The Hall–Kier alpha value is -1.35. The number of benzene rings is 1. The quantitative estimate of drug-likeness (QED) is 0.671. The Labute approximate surface area is 76.4 Å². The van der Waals surface area contributed by atoms with Gasteiger partial charge in [0, 0.05) is 11.3 Å². The SMILES string of the molecule is Cc1cc(CO)c2c(c1)CC(=O)N2. The van der Waals surface area contributed by atoms with Crippen molar-refractivity contribution in [3.05, 3.63) is 28.8 Å². The van der Waals surface area contributed by atoms with E-state index in [4.69, 9.17) is 5.11 Å². The molecule has 2 N–H and O–H groups in total. The molecule has 1 aliphatic heterocycles. The topological polar surface area (TPSA) is 49.3 Å². The minimum absolute atomic E-state index is 0.00954. The molecule has 1 amide bonds. The predicted octanol–water partition coefficient (Wildman–Crippen LogP) is 0.982. The molecule has 0 saturated heterocycles. The van der Waals surface area contributed by atoms with Crippen LogP contribution in [-0.4, -0.2) is 11.0 Å². The van der Waals surface area contributed by atoms with E-state index in [9.17, 15) is 4.79 Å². The summed E-state index contributed by atoms with van der Waals surface area (Å²) in [4.78, 5) is 11.1. The number of carbonyl (C=O) groups is 1. The van der Waals surface area contributed by atoms with Gasteiger partial charge >= 0.3 is 0 Å². The van der Waals surface area contributed by atoms with Gasteiger partial charge in [-0.15, -0.1) is 0 Å². The number of aryl methyl sites for hydroxylation is 1. The third-order valence-corrected chi connectivity index (χ3v) is 2.23. The lowest BCUT2D eigenvalue weighted by atomic mass is 10.0. The van der Waals surface area contributed by atoms with Crippen LogP contribution in [0, 0.1) is 6.92 Å². The molecule has 1 heterocycles. The number of fused-ring (bicyclic) bond motifs is 1. The van der Waals surface area contributed by atoms with Crippen LogP contribution in [0.15, 0.2) is 12.1 Å². The maximum absolute atomic E-state index is 11.1. The van der Waals surface area contributed by atoms with E-state index in [2.05, 4.69) is 5.32 Å². The fraction of sp³-hybridized carbons (Fsp3) is 0.300. The first-order chi connectivity index (χ1) is 6.20. The molecular weight excluding hydrogens is 166 g/mol. The van der Waals surface area contributed by atoms with Crippen molar-refractivity contribution in [2.75, 3.05) is 5.32 Å². The van der Waals surface area contributed by atoms with Crippen molar-refractivity contribution in [3.8, 4) is 0 Å². The van der Waals surface area contributed by atoms with E-state index in [1.54, 1.807) is 0 Å². The molecule has 0 aliphatic carbocycles. The Morgan fingerprint density at radius 1 is 1.54 bits per heavy atom. The van der Waals surface area contributed by atoms with Gasteiger partial charge in [0.05, 0.1) is 13.0 Å². The molecule has 0 unspecified atom stereocenters. The molecular formula is C10H11NO2.